The van der Waals surface area contributed by atoms with Gasteiger partial charge in [-0.1, -0.05) is 101 Å². The second-order valence-corrected chi connectivity index (χ2v) is 12.9. The first-order valence-corrected chi connectivity index (χ1v) is 16.8. The lowest BCUT2D eigenvalue weighted by molar-refractivity contribution is -0.139. The van der Waals surface area contributed by atoms with Crippen molar-refractivity contribution in [2.75, 3.05) is 7.11 Å². The van der Waals surface area contributed by atoms with Crippen molar-refractivity contribution in [3.8, 4) is 11.5 Å². The molecule has 7 heteroatoms. The minimum absolute atomic E-state index is 0.00691. The quantitative estimate of drug-likeness (QED) is 0.0643. The van der Waals surface area contributed by atoms with Crippen LogP contribution >= 0.6 is 0 Å². The first-order valence-electron chi connectivity index (χ1n) is 16.8. The van der Waals surface area contributed by atoms with Crippen LogP contribution in [0.4, 0.5) is 0 Å². The number of nitrogens with one attached hydrogen (secondary N) is 2. The number of esters is 1. The van der Waals surface area contributed by atoms with E-state index < -0.39 is 17.9 Å². The lowest BCUT2D eigenvalue weighted by atomic mass is 9.95. The van der Waals surface area contributed by atoms with Crippen LogP contribution < -0.4 is 20.1 Å². The number of ether oxygens (including phenoxy) is 2. The van der Waals surface area contributed by atoms with Crippen LogP contribution in [0, 0.1) is 11.8 Å². The second-order valence-electron chi connectivity index (χ2n) is 12.9. The zero-order valence-corrected chi connectivity index (χ0v) is 28.9. The van der Waals surface area contributed by atoms with Crippen LogP contribution in [0.25, 0.3) is 0 Å². The molecule has 0 saturated carbocycles. The van der Waals surface area contributed by atoms with E-state index in [1.807, 2.05) is 49.4 Å². The maximum atomic E-state index is 13.6. The fourth-order valence-electron chi connectivity index (χ4n) is 5.20. The molecule has 0 aliphatic heterocycles. The third-order valence-corrected chi connectivity index (χ3v) is 7.87. The van der Waals surface area contributed by atoms with Gasteiger partial charge >= 0.3 is 5.97 Å². The number of amides is 2. The minimum Gasteiger partial charge on any atom is -0.493 e. The van der Waals surface area contributed by atoms with Crippen LogP contribution in [-0.4, -0.2) is 30.9 Å². The number of unbranched alkanes of at least 4 members (excludes halogenated alkanes) is 2. The normalized spacial score (nSPS) is 12.6. The number of allylic oxidation sites excluding steroid dienone is 2. The third kappa shape index (κ3) is 13.1. The van der Waals surface area contributed by atoms with Gasteiger partial charge in [0.2, 0.25) is 11.8 Å². The molecule has 252 valence electrons. The predicted octanol–water partition coefficient (Wildman–Crippen LogP) is 7.72. The number of rotatable bonds is 18. The van der Waals surface area contributed by atoms with Gasteiger partial charge in [-0.05, 0) is 78.8 Å². The molecule has 3 rings (SSSR count). The van der Waals surface area contributed by atoms with Gasteiger partial charge in [0.15, 0.2) is 11.5 Å². The number of carbonyl (C=O) groups is 3. The molecule has 2 N–H and O–H groups in total. The van der Waals surface area contributed by atoms with Crippen molar-refractivity contribution in [1.29, 1.82) is 0 Å². The number of benzene rings is 3. The molecule has 0 bridgehead atoms. The molecule has 0 spiro atoms. The molecule has 0 saturated heterocycles. The van der Waals surface area contributed by atoms with Crippen LogP contribution in [0.2, 0.25) is 0 Å². The van der Waals surface area contributed by atoms with E-state index in [1.54, 1.807) is 18.2 Å². The Balaban J connectivity index is 1.63. The lowest BCUT2D eigenvalue weighted by Gasteiger charge is -2.21. The van der Waals surface area contributed by atoms with E-state index in [9.17, 15) is 14.4 Å². The molecule has 0 aliphatic rings. The lowest BCUT2D eigenvalue weighted by Crippen LogP contribution is -2.46. The highest BCUT2D eigenvalue weighted by Crippen LogP contribution is 2.29. The average molecular weight is 641 g/mol. The summed E-state index contributed by atoms with van der Waals surface area (Å²) in [4.78, 5) is 39.4. The summed E-state index contributed by atoms with van der Waals surface area (Å²) in [5, 5.41) is 5.89. The molecule has 0 fully saturated rings. The van der Waals surface area contributed by atoms with Gasteiger partial charge in [0.25, 0.3) is 0 Å². The molecule has 0 heterocycles. The first-order chi connectivity index (χ1) is 22.5. The molecular formula is C40H52N2O5. The largest absolute Gasteiger partial charge is 0.493 e. The predicted molar refractivity (Wildman–Crippen MR) is 188 cm³/mol. The van der Waals surface area contributed by atoms with E-state index in [2.05, 4.69) is 62.6 Å². The molecule has 0 radical (unpaired) electrons. The summed E-state index contributed by atoms with van der Waals surface area (Å²) in [6.45, 7) is 10.8. The highest BCUT2D eigenvalue weighted by Gasteiger charge is 2.27. The number of carbonyl (C=O) groups excluding carboxylic acids is 3. The Labute approximate surface area is 281 Å². The number of methoxy groups -OCH3 is 1. The highest BCUT2D eigenvalue weighted by molar-refractivity contribution is 5.89. The Morgan fingerprint density at radius 1 is 0.787 bits per heavy atom. The van der Waals surface area contributed by atoms with E-state index in [0.29, 0.717) is 30.6 Å². The van der Waals surface area contributed by atoms with E-state index in [1.165, 1.54) is 12.7 Å². The zero-order chi connectivity index (χ0) is 34.2. The molecule has 7 nitrogen and oxygen atoms in total. The molecule has 2 unspecified atom stereocenters. The molecule has 2 atom stereocenters. The summed E-state index contributed by atoms with van der Waals surface area (Å²) in [6.07, 6.45) is 8.85. The van der Waals surface area contributed by atoms with E-state index in [4.69, 9.17) is 9.47 Å². The van der Waals surface area contributed by atoms with Crippen molar-refractivity contribution in [3.05, 3.63) is 107 Å². The monoisotopic (exact) mass is 640 g/mol. The standard InChI is InChI=1S/C40H52N2O5/c1-28(2)14-10-7-8-13-17-38(43)41-27-33-20-23-36(37(26-33)46-6)47-40(45)35(25-31-15-11-9-12-16-31)42-39(44)30(5)34-21-18-32(19-22-34)24-29(3)4/h9-12,14-16,18-23,26,28-30,35H,7-8,13,17,24-25,27H2,1-6H3,(H,41,43)(H,42,44)/b14-10+. The summed E-state index contributed by atoms with van der Waals surface area (Å²) in [5.74, 6) is 0.370. The van der Waals surface area contributed by atoms with Crippen molar-refractivity contribution in [2.24, 2.45) is 11.8 Å². The van der Waals surface area contributed by atoms with E-state index in [-0.39, 0.29) is 24.0 Å². The van der Waals surface area contributed by atoms with Crippen molar-refractivity contribution < 1.29 is 23.9 Å². The summed E-state index contributed by atoms with van der Waals surface area (Å²) < 4.78 is 11.4. The van der Waals surface area contributed by atoms with Crippen LogP contribution in [-0.2, 0) is 33.8 Å². The van der Waals surface area contributed by atoms with Gasteiger partial charge in [-0.3, -0.25) is 9.59 Å². The molecule has 0 aliphatic carbocycles. The molecule has 47 heavy (non-hydrogen) atoms. The second kappa shape index (κ2) is 19.3. The van der Waals surface area contributed by atoms with Crippen LogP contribution in [0.5, 0.6) is 11.5 Å². The van der Waals surface area contributed by atoms with Crippen LogP contribution in [0.3, 0.4) is 0 Å². The van der Waals surface area contributed by atoms with Gasteiger partial charge in [-0.15, -0.1) is 0 Å². The number of hydrogen-bond donors (Lipinski definition) is 2. The zero-order valence-electron chi connectivity index (χ0n) is 28.9. The van der Waals surface area contributed by atoms with Gasteiger partial charge in [0.05, 0.1) is 13.0 Å². The first kappa shape index (κ1) is 37.1. The Hall–Kier alpha value is -4.39. The van der Waals surface area contributed by atoms with Crippen molar-refractivity contribution >= 4 is 17.8 Å². The highest BCUT2D eigenvalue weighted by atomic mass is 16.6. The topological polar surface area (TPSA) is 93.7 Å². The van der Waals surface area contributed by atoms with E-state index >= 15 is 0 Å². The van der Waals surface area contributed by atoms with Gasteiger partial charge in [-0.2, -0.15) is 0 Å². The molecule has 3 aromatic rings. The maximum Gasteiger partial charge on any atom is 0.334 e. The van der Waals surface area contributed by atoms with Crippen LogP contribution in [0.15, 0.2) is 84.9 Å². The fourth-order valence-corrected chi connectivity index (χ4v) is 5.20. The summed E-state index contributed by atoms with van der Waals surface area (Å²) in [5.41, 5.74) is 3.82. The van der Waals surface area contributed by atoms with Gasteiger partial charge < -0.3 is 20.1 Å². The molecule has 3 aromatic carbocycles. The van der Waals surface area contributed by atoms with Gasteiger partial charge in [-0.25, -0.2) is 4.79 Å². The molecule has 0 aromatic heterocycles. The summed E-state index contributed by atoms with van der Waals surface area (Å²) in [6, 6.07) is 21.9. The Bertz CT molecular complexity index is 1450. The molecule has 2 amide bonds. The van der Waals surface area contributed by atoms with Crippen molar-refractivity contribution in [2.45, 2.75) is 91.6 Å². The van der Waals surface area contributed by atoms with Gasteiger partial charge in [0, 0.05) is 19.4 Å². The maximum absolute atomic E-state index is 13.6. The van der Waals surface area contributed by atoms with Gasteiger partial charge in [0.1, 0.15) is 6.04 Å². The summed E-state index contributed by atoms with van der Waals surface area (Å²) >= 11 is 0. The molecular weight excluding hydrogens is 588 g/mol. The number of hydrogen-bond acceptors (Lipinski definition) is 5. The fraction of sp³-hybridized carbons (Fsp3) is 0.425. The van der Waals surface area contributed by atoms with E-state index in [0.717, 1.165) is 42.4 Å². The Morgan fingerprint density at radius 2 is 1.47 bits per heavy atom. The SMILES string of the molecule is COc1cc(CNC(=O)CCCC/C=C/C(C)C)ccc1OC(=O)C(Cc1ccccc1)NC(=O)C(C)c1ccc(CC(C)C)cc1. The average Bonchev–Trinajstić information content (AvgIpc) is 3.05. The Morgan fingerprint density at radius 3 is 2.13 bits per heavy atom. The summed E-state index contributed by atoms with van der Waals surface area (Å²) in [7, 11) is 1.50. The van der Waals surface area contributed by atoms with Crippen molar-refractivity contribution in [1.82, 2.24) is 10.6 Å². The van der Waals surface area contributed by atoms with Crippen molar-refractivity contribution in [3.63, 3.8) is 0 Å². The van der Waals surface area contributed by atoms with Crippen LogP contribution in [0.1, 0.15) is 88.5 Å². The third-order valence-electron chi connectivity index (χ3n) is 7.87. The Kier molecular flexibility index (Phi) is 15.2. The minimum atomic E-state index is -0.919. The smallest absolute Gasteiger partial charge is 0.334 e.